The SMILES string of the molecule is CC/C=C\C/C=C\C/C=C\CC(=O)OCC(COC(=O)CCCCCCC/C=C\CCCCC)OC(=O)CCCCCCCCCCCC. The van der Waals surface area contributed by atoms with Gasteiger partial charge < -0.3 is 14.2 Å². The summed E-state index contributed by atoms with van der Waals surface area (Å²) in [5.74, 6) is -1.05. The Balaban J connectivity index is 4.46. The molecule has 0 spiro atoms. The second-order valence-electron chi connectivity index (χ2n) is 13.2. The van der Waals surface area contributed by atoms with E-state index in [1.165, 1.54) is 83.5 Å². The third kappa shape index (κ3) is 36.5. The molecule has 0 aliphatic rings. The summed E-state index contributed by atoms with van der Waals surface area (Å²) >= 11 is 0. The molecular weight excluding hydrogens is 612 g/mol. The number of hydrogen-bond donors (Lipinski definition) is 0. The molecule has 0 aliphatic carbocycles. The van der Waals surface area contributed by atoms with Gasteiger partial charge in [-0.2, -0.15) is 0 Å². The van der Waals surface area contributed by atoms with Crippen molar-refractivity contribution in [3.05, 3.63) is 48.6 Å². The van der Waals surface area contributed by atoms with E-state index in [2.05, 4.69) is 57.2 Å². The summed E-state index contributed by atoms with van der Waals surface area (Å²) in [6.45, 7) is 6.35. The summed E-state index contributed by atoms with van der Waals surface area (Å²) in [5.41, 5.74) is 0. The average molecular weight is 687 g/mol. The van der Waals surface area contributed by atoms with Crippen LogP contribution >= 0.6 is 0 Å². The van der Waals surface area contributed by atoms with Gasteiger partial charge in [-0.15, -0.1) is 0 Å². The van der Waals surface area contributed by atoms with Crippen molar-refractivity contribution in [3.63, 3.8) is 0 Å². The molecule has 0 N–H and O–H groups in total. The quantitative estimate of drug-likeness (QED) is 0.0286. The molecule has 6 heteroatoms. The number of ether oxygens (including phenoxy) is 3. The van der Waals surface area contributed by atoms with Crippen molar-refractivity contribution in [1.29, 1.82) is 0 Å². The molecule has 0 bridgehead atoms. The maximum atomic E-state index is 12.6. The Morgan fingerprint density at radius 1 is 0.449 bits per heavy atom. The Morgan fingerprint density at radius 3 is 1.45 bits per heavy atom. The summed E-state index contributed by atoms with van der Waals surface area (Å²) < 4.78 is 16.5. The van der Waals surface area contributed by atoms with Gasteiger partial charge in [-0.3, -0.25) is 14.4 Å². The maximum Gasteiger partial charge on any atom is 0.309 e. The molecule has 0 amide bonds. The predicted molar refractivity (Wildman–Crippen MR) is 205 cm³/mol. The number of hydrogen-bond acceptors (Lipinski definition) is 6. The Hall–Kier alpha value is -2.63. The molecule has 0 radical (unpaired) electrons. The maximum absolute atomic E-state index is 12.6. The van der Waals surface area contributed by atoms with Gasteiger partial charge in [-0.25, -0.2) is 0 Å². The Labute approximate surface area is 301 Å². The molecule has 0 heterocycles. The molecule has 1 unspecified atom stereocenters. The third-order valence-corrected chi connectivity index (χ3v) is 8.35. The van der Waals surface area contributed by atoms with Crippen LogP contribution in [-0.4, -0.2) is 37.2 Å². The van der Waals surface area contributed by atoms with E-state index in [1.54, 1.807) is 6.08 Å². The molecule has 0 saturated heterocycles. The lowest BCUT2D eigenvalue weighted by molar-refractivity contribution is -0.166. The minimum Gasteiger partial charge on any atom is -0.462 e. The second kappa shape index (κ2) is 38.2. The number of carbonyl (C=O) groups is 3. The largest absolute Gasteiger partial charge is 0.462 e. The van der Waals surface area contributed by atoms with Gasteiger partial charge in [0.15, 0.2) is 6.10 Å². The van der Waals surface area contributed by atoms with Gasteiger partial charge in [0.25, 0.3) is 0 Å². The van der Waals surface area contributed by atoms with Gasteiger partial charge in [0.05, 0.1) is 6.42 Å². The summed E-state index contributed by atoms with van der Waals surface area (Å²) in [4.78, 5) is 37.4. The third-order valence-electron chi connectivity index (χ3n) is 8.35. The number of allylic oxidation sites excluding steroid dienone is 7. The lowest BCUT2D eigenvalue weighted by Gasteiger charge is -2.18. The van der Waals surface area contributed by atoms with Crippen LogP contribution < -0.4 is 0 Å². The van der Waals surface area contributed by atoms with Crippen molar-refractivity contribution in [1.82, 2.24) is 0 Å². The van der Waals surface area contributed by atoms with Gasteiger partial charge in [0, 0.05) is 12.8 Å². The van der Waals surface area contributed by atoms with E-state index >= 15 is 0 Å². The molecule has 0 aromatic rings. The Bertz CT molecular complexity index is 887. The number of esters is 3. The molecule has 1 atom stereocenters. The lowest BCUT2D eigenvalue weighted by atomic mass is 10.1. The van der Waals surface area contributed by atoms with Crippen LogP contribution in [-0.2, 0) is 28.6 Å². The lowest BCUT2D eigenvalue weighted by Crippen LogP contribution is -2.30. The van der Waals surface area contributed by atoms with Crippen LogP contribution in [0.25, 0.3) is 0 Å². The molecule has 49 heavy (non-hydrogen) atoms. The molecular formula is C43H74O6. The highest BCUT2D eigenvalue weighted by molar-refractivity contribution is 5.72. The monoisotopic (exact) mass is 687 g/mol. The first-order valence-corrected chi connectivity index (χ1v) is 20.1. The van der Waals surface area contributed by atoms with Crippen molar-refractivity contribution < 1.29 is 28.6 Å². The summed E-state index contributed by atoms with van der Waals surface area (Å²) in [5, 5.41) is 0. The van der Waals surface area contributed by atoms with Crippen molar-refractivity contribution in [2.75, 3.05) is 13.2 Å². The highest BCUT2D eigenvalue weighted by atomic mass is 16.6. The van der Waals surface area contributed by atoms with Crippen molar-refractivity contribution in [2.24, 2.45) is 0 Å². The van der Waals surface area contributed by atoms with Crippen molar-refractivity contribution >= 4 is 17.9 Å². The van der Waals surface area contributed by atoms with Crippen LogP contribution in [0.1, 0.15) is 188 Å². The van der Waals surface area contributed by atoms with E-state index in [4.69, 9.17) is 14.2 Å². The summed E-state index contributed by atoms with van der Waals surface area (Å²) in [7, 11) is 0. The highest BCUT2D eigenvalue weighted by Gasteiger charge is 2.19. The molecule has 0 fully saturated rings. The van der Waals surface area contributed by atoms with E-state index in [0.29, 0.717) is 12.8 Å². The first-order valence-electron chi connectivity index (χ1n) is 20.1. The summed E-state index contributed by atoms with van der Waals surface area (Å²) in [6, 6.07) is 0. The van der Waals surface area contributed by atoms with Gasteiger partial charge in [0.2, 0.25) is 0 Å². The first kappa shape index (κ1) is 46.4. The molecule has 0 aromatic heterocycles. The fourth-order valence-electron chi connectivity index (χ4n) is 5.32. The van der Waals surface area contributed by atoms with Gasteiger partial charge in [0.1, 0.15) is 13.2 Å². The van der Waals surface area contributed by atoms with Crippen LogP contribution in [0.15, 0.2) is 48.6 Å². The molecule has 282 valence electrons. The van der Waals surface area contributed by atoms with E-state index in [9.17, 15) is 14.4 Å². The molecule has 0 aromatic carbocycles. The van der Waals surface area contributed by atoms with Crippen LogP contribution in [0, 0.1) is 0 Å². The standard InChI is InChI=1S/C43H74O6/c1-4-7-10-13-16-19-21-22-25-27-30-33-36-42(45)48-39-40(38-47-41(44)35-32-29-26-23-18-15-12-9-6-3)49-43(46)37-34-31-28-24-20-17-14-11-8-5-2/h9,12,16,18-19,23,29,32,40H,4-8,10-11,13-15,17,20-22,24-28,30-31,33-39H2,1-3H3/b12-9-,19-16-,23-18-,32-29-. The van der Waals surface area contributed by atoms with Crippen LogP contribution in [0.5, 0.6) is 0 Å². The highest BCUT2D eigenvalue weighted by Crippen LogP contribution is 2.13. The van der Waals surface area contributed by atoms with Crippen molar-refractivity contribution in [2.45, 2.75) is 194 Å². The van der Waals surface area contributed by atoms with Crippen LogP contribution in [0.2, 0.25) is 0 Å². The van der Waals surface area contributed by atoms with Crippen LogP contribution in [0.3, 0.4) is 0 Å². The van der Waals surface area contributed by atoms with Crippen molar-refractivity contribution in [3.8, 4) is 0 Å². The summed E-state index contributed by atoms with van der Waals surface area (Å²) in [6.07, 6.45) is 42.7. The molecule has 6 nitrogen and oxygen atoms in total. The fraction of sp³-hybridized carbons (Fsp3) is 0.744. The Morgan fingerprint density at radius 2 is 0.878 bits per heavy atom. The predicted octanol–water partition coefficient (Wildman–Crippen LogP) is 12.4. The number of unbranched alkanes of at least 4 members (excludes halogenated alkanes) is 17. The zero-order valence-electron chi connectivity index (χ0n) is 31.9. The van der Waals surface area contributed by atoms with Gasteiger partial charge in [-0.05, 0) is 57.8 Å². The molecule has 0 aliphatic heterocycles. The second-order valence-corrected chi connectivity index (χ2v) is 13.2. The smallest absolute Gasteiger partial charge is 0.309 e. The zero-order valence-corrected chi connectivity index (χ0v) is 31.9. The van der Waals surface area contributed by atoms with E-state index in [1.807, 2.05) is 6.08 Å². The number of carbonyl (C=O) groups excluding carboxylic acids is 3. The average Bonchev–Trinajstić information content (AvgIpc) is 3.10. The minimum absolute atomic E-state index is 0.104. The topological polar surface area (TPSA) is 78.9 Å². The number of rotatable bonds is 35. The Kier molecular flexibility index (Phi) is 36.1. The van der Waals surface area contributed by atoms with Gasteiger partial charge in [-0.1, -0.05) is 159 Å². The molecule has 0 rings (SSSR count). The fourth-order valence-corrected chi connectivity index (χ4v) is 5.32. The van der Waals surface area contributed by atoms with E-state index < -0.39 is 12.1 Å². The zero-order chi connectivity index (χ0) is 35.9. The van der Waals surface area contributed by atoms with E-state index in [0.717, 1.165) is 64.2 Å². The minimum atomic E-state index is -0.804. The van der Waals surface area contributed by atoms with E-state index in [-0.39, 0.29) is 31.6 Å². The van der Waals surface area contributed by atoms with Crippen LogP contribution in [0.4, 0.5) is 0 Å². The normalized spacial score (nSPS) is 12.5. The molecule has 0 saturated carbocycles. The first-order chi connectivity index (χ1) is 24.0. The van der Waals surface area contributed by atoms with Gasteiger partial charge >= 0.3 is 17.9 Å².